The van der Waals surface area contributed by atoms with Crippen molar-refractivity contribution >= 4 is 5.97 Å². The second-order valence-corrected chi connectivity index (χ2v) is 6.28. The number of ether oxygens (including phenoxy) is 4. The van der Waals surface area contributed by atoms with Gasteiger partial charge in [0.15, 0.2) is 11.5 Å². The smallest absolute Gasteiger partial charge is 0.303 e. The molecule has 0 saturated carbocycles. The van der Waals surface area contributed by atoms with E-state index in [-0.39, 0.29) is 12.6 Å². The summed E-state index contributed by atoms with van der Waals surface area (Å²) in [5.74, 6) is 1.40. The third-order valence-corrected chi connectivity index (χ3v) is 4.13. The van der Waals surface area contributed by atoms with Gasteiger partial charge in [-0.05, 0) is 23.3 Å². The van der Waals surface area contributed by atoms with Crippen molar-refractivity contribution < 1.29 is 23.7 Å². The zero-order valence-corrected chi connectivity index (χ0v) is 16.5. The van der Waals surface area contributed by atoms with E-state index >= 15 is 0 Å². The SMILES string of the molecule is COc1ccc(COc2ccnc(COC(C)=O)c2OCc2ccccc2)cc1. The van der Waals surface area contributed by atoms with E-state index in [1.807, 2.05) is 54.6 Å². The molecule has 0 bridgehead atoms. The van der Waals surface area contributed by atoms with Crippen LogP contribution in [0.4, 0.5) is 0 Å². The third-order valence-electron chi connectivity index (χ3n) is 4.13. The van der Waals surface area contributed by atoms with Crippen LogP contribution in [0.3, 0.4) is 0 Å². The molecule has 0 aliphatic heterocycles. The van der Waals surface area contributed by atoms with Crippen LogP contribution in [0, 0.1) is 0 Å². The molecular formula is C23H23NO5. The lowest BCUT2D eigenvalue weighted by Crippen LogP contribution is -2.07. The number of carbonyl (C=O) groups is 1. The highest BCUT2D eigenvalue weighted by molar-refractivity contribution is 5.66. The van der Waals surface area contributed by atoms with Gasteiger partial charge in [0.05, 0.1) is 7.11 Å². The van der Waals surface area contributed by atoms with Crippen molar-refractivity contribution in [1.29, 1.82) is 0 Å². The molecule has 0 unspecified atom stereocenters. The second-order valence-electron chi connectivity index (χ2n) is 6.28. The van der Waals surface area contributed by atoms with Crippen LogP contribution < -0.4 is 14.2 Å². The quantitative estimate of drug-likeness (QED) is 0.505. The molecule has 0 radical (unpaired) electrons. The molecule has 0 amide bonds. The van der Waals surface area contributed by atoms with Crippen molar-refractivity contribution in [3.63, 3.8) is 0 Å². The number of hydrogen-bond donors (Lipinski definition) is 0. The van der Waals surface area contributed by atoms with E-state index in [1.54, 1.807) is 19.4 Å². The number of pyridine rings is 1. The zero-order chi connectivity index (χ0) is 20.5. The van der Waals surface area contributed by atoms with Crippen LogP contribution in [0.2, 0.25) is 0 Å². The fourth-order valence-electron chi connectivity index (χ4n) is 2.62. The molecule has 2 aromatic carbocycles. The first-order valence-corrected chi connectivity index (χ1v) is 9.19. The van der Waals surface area contributed by atoms with E-state index in [2.05, 4.69) is 4.98 Å². The molecule has 3 aromatic rings. The van der Waals surface area contributed by atoms with Gasteiger partial charge in [0, 0.05) is 19.2 Å². The molecule has 1 heterocycles. The van der Waals surface area contributed by atoms with Crippen LogP contribution in [0.1, 0.15) is 23.7 Å². The standard InChI is InChI=1S/C23H23NO5/c1-17(25)27-16-21-23(29-15-18-6-4-3-5-7-18)22(12-13-24-21)28-14-19-8-10-20(26-2)11-9-19/h3-13H,14-16H2,1-2H3. The summed E-state index contributed by atoms with van der Waals surface area (Å²) in [6, 6.07) is 19.2. The van der Waals surface area contributed by atoms with E-state index in [9.17, 15) is 4.79 Å². The van der Waals surface area contributed by atoms with Gasteiger partial charge < -0.3 is 18.9 Å². The Hall–Kier alpha value is -3.54. The molecule has 29 heavy (non-hydrogen) atoms. The Morgan fingerprint density at radius 1 is 0.862 bits per heavy atom. The average Bonchev–Trinajstić information content (AvgIpc) is 2.76. The summed E-state index contributed by atoms with van der Waals surface area (Å²) in [4.78, 5) is 15.5. The highest BCUT2D eigenvalue weighted by Crippen LogP contribution is 2.32. The van der Waals surface area contributed by atoms with E-state index in [0.717, 1.165) is 16.9 Å². The topological polar surface area (TPSA) is 66.9 Å². The Balaban J connectivity index is 1.77. The lowest BCUT2D eigenvalue weighted by atomic mass is 10.2. The van der Waals surface area contributed by atoms with Gasteiger partial charge in [0.25, 0.3) is 0 Å². The molecule has 0 spiro atoms. The number of hydrogen-bond acceptors (Lipinski definition) is 6. The number of esters is 1. The first-order chi connectivity index (χ1) is 14.2. The number of rotatable bonds is 9. The van der Waals surface area contributed by atoms with Crippen LogP contribution in [0.25, 0.3) is 0 Å². The van der Waals surface area contributed by atoms with Gasteiger partial charge in [-0.1, -0.05) is 42.5 Å². The minimum absolute atomic E-state index is 0.0131. The van der Waals surface area contributed by atoms with Crippen LogP contribution in [0.15, 0.2) is 66.9 Å². The molecule has 0 saturated heterocycles. The van der Waals surface area contributed by atoms with E-state index in [0.29, 0.717) is 30.4 Å². The van der Waals surface area contributed by atoms with Crippen molar-refractivity contribution in [2.75, 3.05) is 7.11 Å². The number of carbonyl (C=O) groups excluding carboxylic acids is 1. The number of nitrogens with zero attached hydrogens (tertiary/aromatic N) is 1. The Morgan fingerprint density at radius 2 is 1.55 bits per heavy atom. The summed E-state index contributed by atoms with van der Waals surface area (Å²) in [5.41, 5.74) is 2.50. The Labute approximate surface area is 170 Å². The molecular weight excluding hydrogens is 370 g/mol. The van der Waals surface area contributed by atoms with E-state index in [1.165, 1.54) is 6.92 Å². The maximum absolute atomic E-state index is 11.2. The third kappa shape index (κ3) is 5.97. The molecule has 0 aliphatic rings. The molecule has 150 valence electrons. The van der Waals surface area contributed by atoms with Crippen LogP contribution in [-0.2, 0) is 29.4 Å². The maximum Gasteiger partial charge on any atom is 0.303 e. The van der Waals surface area contributed by atoms with E-state index in [4.69, 9.17) is 18.9 Å². The summed E-state index contributed by atoms with van der Waals surface area (Å²) in [6.45, 7) is 2.06. The molecule has 0 fully saturated rings. The van der Waals surface area contributed by atoms with E-state index < -0.39 is 0 Å². The van der Waals surface area contributed by atoms with Crippen LogP contribution >= 0.6 is 0 Å². The van der Waals surface area contributed by atoms with Crippen molar-refractivity contribution in [2.24, 2.45) is 0 Å². The summed E-state index contributed by atoms with van der Waals surface area (Å²) in [7, 11) is 1.63. The van der Waals surface area contributed by atoms with Crippen molar-refractivity contribution in [2.45, 2.75) is 26.7 Å². The second kappa shape index (κ2) is 10.1. The van der Waals surface area contributed by atoms with Crippen LogP contribution in [-0.4, -0.2) is 18.1 Å². The van der Waals surface area contributed by atoms with Crippen molar-refractivity contribution in [3.05, 3.63) is 83.7 Å². The van der Waals surface area contributed by atoms with Gasteiger partial charge >= 0.3 is 5.97 Å². The van der Waals surface area contributed by atoms with Crippen LogP contribution in [0.5, 0.6) is 17.2 Å². The molecule has 0 atom stereocenters. The first kappa shape index (κ1) is 20.2. The highest BCUT2D eigenvalue weighted by Gasteiger charge is 2.15. The van der Waals surface area contributed by atoms with Gasteiger partial charge in [0.2, 0.25) is 0 Å². The molecule has 0 N–H and O–H groups in total. The fraction of sp³-hybridized carbons (Fsp3) is 0.217. The maximum atomic E-state index is 11.2. The predicted molar refractivity (Wildman–Crippen MR) is 108 cm³/mol. The largest absolute Gasteiger partial charge is 0.497 e. The Kier molecular flexibility index (Phi) is 7.05. The molecule has 1 aromatic heterocycles. The minimum Gasteiger partial charge on any atom is -0.497 e. The first-order valence-electron chi connectivity index (χ1n) is 9.19. The number of methoxy groups -OCH3 is 1. The molecule has 6 heteroatoms. The Morgan fingerprint density at radius 3 is 2.24 bits per heavy atom. The van der Waals surface area contributed by atoms with Gasteiger partial charge in [-0.2, -0.15) is 0 Å². The van der Waals surface area contributed by atoms with Gasteiger partial charge in [-0.15, -0.1) is 0 Å². The summed E-state index contributed by atoms with van der Waals surface area (Å²) in [6.07, 6.45) is 1.61. The number of aromatic nitrogens is 1. The normalized spacial score (nSPS) is 10.3. The monoisotopic (exact) mass is 393 g/mol. The Bertz CT molecular complexity index is 926. The highest BCUT2D eigenvalue weighted by atomic mass is 16.5. The molecule has 6 nitrogen and oxygen atoms in total. The summed E-state index contributed by atoms with van der Waals surface area (Å²) in [5, 5.41) is 0. The predicted octanol–water partition coefficient (Wildman–Crippen LogP) is 4.31. The average molecular weight is 393 g/mol. The van der Waals surface area contributed by atoms with Gasteiger partial charge in [-0.25, -0.2) is 0 Å². The zero-order valence-electron chi connectivity index (χ0n) is 16.5. The lowest BCUT2D eigenvalue weighted by molar-refractivity contribution is -0.142. The van der Waals surface area contributed by atoms with Gasteiger partial charge in [0.1, 0.15) is 31.3 Å². The lowest BCUT2D eigenvalue weighted by Gasteiger charge is -2.16. The molecule has 0 aliphatic carbocycles. The minimum atomic E-state index is -0.384. The van der Waals surface area contributed by atoms with Crippen molar-refractivity contribution in [1.82, 2.24) is 4.98 Å². The number of benzene rings is 2. The summed E-state index contributed by atoms with van der Waals surface area (Å²) < 4.78 is 22.3. The van der Waals surface area contributed by atoms with Gasteiger partial charge in [-0.3, -0.25) is 9.78 Å². The fourth-order valence-corrected chi connectivity index (χ4v) is 2.62. The van der Waals surface area contributed by atoms with Crippen molar-refractivity contribution in [3.8, 4) is 17.2 Å². The summed E-state index contributed by atoms with van der Waals surface area (Å²) >= 11 is 0. The molecule has 3 rings (SSSR count).